The number of rotatable bonds is 5. The van der Waals surface area contributed by atoms with E-state index in [0.29, 0.717) is 11.9 Å². The van der Waals surface area contributed by atoms with Crippen molar-refractivity contribution in [3.8, 4) is 0 Å². The van der Waals surface area contributed by atoms with Gasteiger partial charge < -0.3 is 10.4 Å². The number of aromatic nitrogens is 1. The van der Waals surface area contributed by atoms with E-state index < -0.39 is 5.97 Å². The second-order valence-electron chi connectivity index (χ2n) is 4.52. The van der Waals surface area contributed by atoms with Crippen LogP contribution in [0.15, 0.2) is 18.2 Å². The standard InChI is InChI=1S/C13H19N3O2/c1-2-16-8-4-5-10(16)9-14-12-7-3-6-11(15-12)13(17)18/h3,6-7,10H,2,4-5,8-9H2,1H3,(H,14,15)(H,17,18). The number of anilines is 1. The average Bonchev–Trinajstić information content (AvgIpc) is 2.84. The van der Waals surface area contributed by atoms with E-state index in [1.807, 2.05) is 0 Å². The number of aromatic carboxylic acids is 1. The van der Waals surface area contributed by atoms with Crippen molar-refractivity contribution in [1.82, 2.24) is 9.88 Å². The first-order valence-electron chi connectivity index (χ1n) is 6.39. The average molecular weight is 249 g/mol. The number of likely N-dealkylation sites (N-methyl/N-ethyl adjacent to an activating group) is 1. The Morgan fingerprint density at radius 1 is 1.61 bits per heavy atom. The van der Waals surface area contributed by atoms with Crippen molar-refractivity contribution in [2.24, 2.45) is 0 Å². The lowest BCUT2D eigenvalue weighted by Gasteiger charge is -2.23. The fraction of sp³-hybridized carbons (Fsp3) is 0.538. The summed E-state index contributed by atoms with van der Waals surface area (Å²) in [5.41, 5.74) is 0.0822. The van der Waals surface area contributed by atoms with E-state index in [1.54, 1.807) is 12.1 Å². The molecule has 0 bridgehead atoms. The lowest BCUT2D eigenvalue weighted by atomic mass is 10.2. The number of nitrogens with one attached hydrogen (secondary N) is 1. The molecule has 0 radical (unpaired) electrons. The number of hydrogen-bond donors (Lipinski definition) is 2. The Morgan fingerprint density at radius 3 is 3.17 bits per heavy atom. The minimum Gasteiger partial charge on any atom is -0.477 e. The van der Waals surface area contributed by atoms with Crippen LogP contribution < -0.4 is 5.32 Å². The van der Waals surface area contributed by atoms with Gasteiger partial charge in [0.05, 0.1) is 0 Å². The normalized spacial score (nSPS) is 19.9. The van der Waals surface area contributed by atoms with Crippen LogP contribution in [-0.2, 0) is 0 Å². The molecule has 1 aromatic rings. The fourth-order valence-corrected chi connectivity index (χ4v) is 2.42. The third-order valence-corrected chi connectivity index (χ3v) is 3.39. The van der Waals surface area contributed by atoms with Gasteiger partial charge in [-0.2, -0.15) is 0 Å². The molecule has 1 aliphatic rings. The van der Waals surface area contributed by atoms with Crippen molar-refractivity contribution in [2.75, 3.05) is 25.0 Å². The van der Waals surface area contributed by atoms with Crippen LogP contribution in [0.25, 0.3) is 0 Å². The van der Waals surface area contributed by atoms with Crippen LogP contribution in [0.2, 0.25) is 0 Å². The van der Waals surface area contributed by atoms with Gasteiger partial charge in [0.1, 0.15) is 5.82 Å². The van der Waals surface area contributed by atoms with Gasteiger partial charge in [-0.05, 0) is 38.1 Å². The second-order valence-corrected chi connectivity index (χ2v) is 4.52. The Kier molecular flexibility index (Phi) is 4.15. The van der Waals surface area contributed by atoms with E-state index in [0.717, 1.165) is 19.6 Å². The zero-order chi connectivity index (χ0) is 13.0. The summed E-state index contributed by atoms with van der Waals surface area (Å²) in [5, 5.41) is 12.1. The van der Waals surface area contributed by atoms with Crippen LogP contribution in [0.4, 0.5) is 5.82 Å². The second kappa shape index (κ2) is 5.82. The van der Waals surface area contributed by atoms with E-state index in [2.05, 4.69) is 22.1 Å². The number of carboxylic acid groups (broad SMARTS) is 1. The number of carbonyl (C=O) groups is 1. The zero-order valence-electron chi connectivity index (χ0n) is 10.6. The smallest absolute Gasteiger partial charge is 0.354 e. The van der Waals surface area contributed by atoms with Crippen molar-refractivity contribution in [3.05, 3.63) is 23.9 Å². The number of nitrogens with zero attached hydrogens (tertiary/aromatic N) is 2. The fourth-order valence-electron chi connectivity index (χ4n) is 2.42. The molecule has 0 aliphatic carbocycles. The molecule has 1 unspecified atom stereocenters. The zero-order valence-corrected chi connectivity index (χ0v) is 10.6. The van der Waals surface area contributed by atoms with Crippen LogP contribution in [0.5, 0.6) is 0 Å². The van der Waals surface area contributed by atoms with Crippen molar-refractivity contribution in [3.63, 3.8) is 0 Å². The molecule has 2 heterocycles. The first-order valence-corrected chi connectivity index (χ1v) is 6.39. The summed E-state index contributed by atoms with van der Waals surface area (Å²) in [7, 11) is 0. The minimum atomic E-state index is -0.991. The number of carboxylic acids is 1. The topological polar surface area (TPSA) is 65.5 Å². The number of pyridine rings is 1. The van der Waals surface area contributed by atoms with E-state index in [-0.39, 0.29) is 5.69 Å². The first kappa shape index (κ1) is 12.8. The van der Waals surface area contributed by atoms with Gasteiger partial charge in [-0.3, -0.25) is 4.90 Å². The summed E-state index contributed by atoms with van der Waals surface area (Å²) in [4.78, 5) is 17.3. The molecule has 2 rings (SSSR count). The van der Waals surface area contributed by atoms with Crippen LogP contribution in [0.1, 0.15) is 30.3 Å². The molecular formula is C13H19N3O2. The van der Waals surface area contributed by atoms with Crippen LogP contribution >= 0.6 is 0 Å². The summed E-state index contributed by atoms with van der Waals surface area (Å²) >= 11 is 0. The maximum atomic E-state index is 10.8. The minimum absolute atomic E-state index is 0.0822. The summed E-state index contributed by atoms with van der Waals surface area (Å²) in [5.74, 6) is -0.354. The molecule has 1 aromatic heterocycles. The summed E-state index contributed by atoms with van der Waals surface area (Å²) in [6.45, 7) is 5.21. The maximum absolute atomic E-state index is 10.8. The summed E-state index contributed by atoms with van der Waals surface area (Å²) < 4.78 is 0. The molecule has 1 saturated heterocycles. The highest BCUT2D eigenvalue weighted by molar-refractivity contribution is 5.85. The number of hydrogen-bond acceptors (Lipinski definition) is 4. The van der Waals surface area contributed by atoms with Gasteiger partial charge in [-0.15, -0.1) is 0 Å². The van der Waals surface area contributed by atoms with Crippen LogP contribution in [-0.4, -0.2) is 46.6 Å². The molecule has 0 amide bonds. The maximum Gasteiger partial charge on any atom is 0.354 e. The van der Waals surface area contributed by atoms with Gasteiger partial charge >= 0.3 is 5.97 Å². The molecule has 1 aliphatic heterocycles. The van der Waals surface area contributed by atoms with Crippen molar-refractivity contribution in [2.45, 2.75) is 25.8 Å². The SMILES string of the molecule is CCN1CCCC1CNc1cccc(C(=O)O)n1. The third-order valence-electron chi connectivity index (χ3n) is 3.39. The van der Waals surface area contributed by atoms with Gasteiger partial charge in [-0.25, -0.2) is 9.78 Å². The molecule has 1 fully saturated rings. The molecule has 5 nitrogen and oxygen atoms in total. The van der Waals surface area contributed by atoms with E-state index in [1.165, 1.54) is 18.9 Å². The number of likely N-dealkylation sites (tertiary alicyclic amines) is 1. The Bertz CT molecular complexity index is 422. The Labute approximate surface area is 107 Å². The highest BCUT2D eigenvalue weighted by Crippen LogP contribution is 2.17. The quantitative estimate of drug-likeness (QED) is 0.831. The largest absolute Gasteiger partial charge is 0.477 e. The van der Waals surface area contributed by atoms with Crippen molar-refractivity contribution in [1.29, 1.82) is 0 Å². The summed E-state index contributed by atoms with van der Waals surface area (Å²) in [6.07, 6.45) is 2.43. The molecule has 98 valence electrons. The monoisotopic (exact) mass is 249 g/mol. The van der Waals surface area contributed by atoms with Crippen LogP contribution in [0, 0.1) is 0 Å². The molecule has 5 heteroatoms. The molecule has 0 spiro atoms. The van der Waals surface area contributed by atoms with Gasteiger partial charge in [0, 0.05) is 12.6 Å². The van der Waals surface area contributed by atoms with Crippen molar-refractivity contribution < 1.29 is 9.90 Å². The van der Waals surface area contributed by atoms with Gasteiger partial charge in [0.2, 0.25) is 0 Å². The van der Waals surface area contributed by atoms with Crippen LogP contribution in [0.3, 0.4) is 0 Å². The Hall–Kier alpha value is -1.62. The lowest BCUT2D eigenvalue weighted by Crippen LogP contribution is -2.34. The van der Waals surface area contributed by atoms with Gasteiger partial charge in [0.15, 0.2) is 5.69 Å². The predicted molar refractivity (Wildman–Crippen MR) is 70.0 cm³/mol. The first-order chi connectivity index (χ1) is 8.70. The predicted octanol–water partition coefficient (Wildman–Crippen LogP) is 1.68. The highest BCUT2D eigenvalue weighted by Gasteiger charge is 2.22. The van der Waals surface area contributed by atoms with Crippen molar-refractivity contribution >= 4 is 11.8 Å². The van der Waals surface area contributed by atoms with E-state index >= 15 is 0 Å². The van der Waals surface area contributed by atoms with E-state index in [9.17, 15) is 4.79 Å². The molecule has 1 atom stereocenters. The van der Waals surface area contributed by atoms with Gasteiger partial charge in [0.25, 0.3) is 0 Å². The molecule has 2 N–H and O–H groups in total. The molecule has 0 saturated carbocycles. The summed E-state index contributed by atoms with van der Waals surface area (Å²) in [6, 6.07) is 5.55. The Morgan fingerprint density at radius 2 is 2.44 bits per heavy atom. The third kappa shape index (κ3) is 2.98. The molecule has 18 heavy (non-hydrogen) atoms. The molecule has 0 aromatic carbocycles. The Balaban J connectivity index is 1.93. The highest BCUT2D eigenvalue weighted by atomic mass is 16.4. The van der Waals surface area contributed by atoms with Gasteiger partial charge in [-0.1, -0.05) is 13.0 Å². The molecular weight excluding hydrogens is 230 g/mol. The van der Waals surface area contributed by atoms with E-state index in [4.69, 9.17) is 5.11 Å². The lowest BCUT2D eigenvalue weighted by molar-refractivity contribution is 0.0690.